The number of hydrogen-bond donors (Lipinski definition) is 1. The van der Waals surface area contributed by atoms with Crippen molar-refractivity contribution in [3.8, 4) is 5.75 Å². The van der Waals surface area contributed by atoms with Crippen LogP contribution >= 0.6 is 0 Å². The summed E-state index contributed by atoms with van der Waals surface area (Å²) in [6.45, 7) is 2.89. The summed E-state index contributed by atoms with van der Waals surface area (Å²) >= 11 is 0. The van der Waals surface area contributed by atoms with Crippen molar-refractivity contribution in [2.75, 3.05) is 20.2 Å². The summed E-state index contributed by atoms with van der Waals surface area (Å²) in [7, 11) is 5.25. The Balaban J connectivity index is 1.42. The first-order valence-electron chi connectivity index (χ1n) is 12.0. The summed E-state index contributed by atoms with van der Waals surface area (Å²) in [5, 5.41) is 7.51. The number of hydrogen-bond acceptors (Lipinski definition) is 5. The number of amides is 2. The summed E-state index contributed by atoms with van der Waals surface area (Å²) in [5.74, 6) is 0.300. The molecule has 0 aliphatic carbocycles. The topological polar surface area (TPSA) is 94.3 Å². The molecule has 0 radical (unpaired) electrons. The van der Waals surface area contributed by atoms with E-state index in [2.05, 4.69) is 27.5 Å². The van der Waals surface area contributed by atoms with Crippen LogP contribution in [-0.2, 0) is 14.1 Å². The van der Waals surface area contributed by atoms with Crippen LogP contribution in [0.5, 0.6) is 5.75 Å². The van der Waals surface area contributed by atoms with Crippen LogP contribution in [0.15, 0.2) is 54.9 Å². The summed E-state index contributed by atoms with van der Waals surface area (Å²) in [6, 6.07) is 15.3. The quantitative estimate of drug-likeness (QED) is 0.468. The van der Waals surface area contributed by atoms with E-state index in [0.29, 0.717) is 36.5 Å². The number of fused-ring (bicyclic) bond motifs is 1. The molecule has 2 aromatic carbocycles. The second kappa shape index (κ2) is 9.49. The van der Waals surface area contributed by atoms with E-state index in [4.69, 9.17) is 4.74 Å². The standard InChI is InChI=1S/C27H30N6O3/c1-17-12-23(32(3)30-17)26(34)29-21-10-11-33(15-20(21)18-8-6-5-7-9-18)27(35)19-13-22-25(24(14-19)36-4)28-16-31(22)2/h5-9,12-14,16,20-21H,10-11,15H2,1-4H3,(H,29,34)/t20-,21-/m1/s1. The number of nitrogens with zero attached hydrogens (tertiary/aromatic N) is 5. The molecule has 9 heteroatoms. The van der Waals surface area contributed by atoms with Gasteiger partial charge in [0.1, 0.15) is 17.0 Å². The second-order valence-corrected chi connectivity index (χ2v) is 9.33. The number of nitrogens with one attached hydrogen (secondary N) is 1. The summed E-state index contributed by atoms with van der Waals surface area (Å²) in [4.78, 5) is 33.0. The van der Waals surface area contributed by atoms with Gasteiger partial charge < -0.3 is 19.5 Å². The molecule has 36 heavy (non-hydrogen) atoms. The van der Waals surface area contributed by atoms with E-state index in [9.17, 15) is 9.59 Å². The first-order valence-corrected chi connectivity index (χ1v) is 12.0. The fourth-order valence-corrected chi connectivity index (χ4v) is 5.07. The van der Waals surface area contributed by atoms with Gasteiger partial charge >= 0.3 is 0 Å². The predicted octanol–water partition coefficient (Wildman–Crippen LogP) is 3.05. The highest BCUT2D eigenvalue weighted by atomic mass is 16.5. The van der Waals surface area contributed by atoms with Gasteiger partial charge in [-0.25, -0.2) is 4.98 Å². The van der Waals surface area contributed by atoms with Crippen molar-refractivity contribution in [1.82, 2.24) is 29.5 Å². The zero-order valence-electron chi connectivity index (χ0n) is 20.9. The molecule has 0 saturated carbocycles. The number of piperidine rings is 1. The molecule has 0 spiro atoms. The number of rotatable bonds is 5. The summed E-state index contributed by atoms with van der Waals surface area (Å²) in [6.07, 6.45) is 2.35. The minimum atomic E-state index is -0.157. The maximum Gasteiger partial charge on any atom is 0.269 e. The highest BCUT2D eigenvalue weighted by molar-refractivity contribution is 5.99. The van der Waals surface area contributed by atoms with E-state index in [1.807, 2.05) is 47.7 Å². The molecule has 9 nitrogen and oxygen atoms in total. The number of likely N-dealkylation sites (tertiary alicyclic amines) is 1. The Hall–Kier alpha value is -4.14. The molecular formula is C27H30N6O3. The molecule has 186 valence electrons. The molecule has 1 N–H and O–H groups in total. The number of aryl methyl sites for hydroxylation is 3. The number of carbonyl (C=O) groups excluding carboxylic acids is 2. The van der Waals surface area contributed by atoms with E-state index < -0.39 is 0 Å². The van der Waals surface area contributed by atoms with Gasteiger partial charge in [0, 0.05) is 44.7 Å². The van der Waals surface area contributed by atoms with Crippen LogP contribution in [0.2, 0.25) is 0 Å². The molecule has 2 aromatic heterocycles. The van der Waals surface area contributed by atoms with E-state index in [1.165, 1.54) is 0 Å². The van der Waals surface area contributed by atoms with Crippen molar-refractivity contribution < 1.29 is 14.3 Å². The van der Waals surface area contributed by atoms with Gasteiger partial charge in [-0.05, 0) is 37.1 Å². The van der Waals surface area contributed by atoms with Crippen LogP contribution < -0.4 is 10.1 Å². The Morgan fingerprint density at radius 3 is 2.58 bits per heavy atom. The minimum Gasteiger partial charge on any atom is -0.494 e. The van der Waals surface area contributed by atoms with Crippen molar-refractivity contribution in [3.05, 3.63) is 77.4 Å². The number of imidazole rings is 1. The first kappa shape index (κ1) is 23.6. The van der Waals surface area contributed by atoms with E-state index in [0.717, 1.165) is 22.3 Å². The van der Waals surface area contributed by atoms with Gasteiger partial charge in [-0.3, -0.25) is 14.3 Å². The van der Waals surface area contributed by atoms with Crippen LogP contribution in [-0.4, -0.2) is 62.3 Å². The van der Waals surface area contributed by atoms with Gasteiger partial charge in [0.05, 0.1) is 24.6 Å². The Morgan fingerprint density at radius 1 is 1.11 bits per heavy atom. The fourth-order valence-electron chi connectivity index (χ4n) is 5.07. The van der Waals surface area contributed by atoms with E-state index in [-0.39, 0.29) is 23.8 Å². The van der Waals surface area contributed by atoms with Gasteiger partial charge in [0.25, 0.3) is 11.8 Å². The van der Waals surface area contributed by atoms with Crippen LogP contribution in [0.4, 0.5) is 0 Å². The smallest absolute Gasteiger partial charge is 0.269 e. The van der Waals surface area contributed by atoms with Crippen molar-refractivity contribution >= 4 is 22.8 Å². The molecule has 4 aromatic rings. The predicted molar refractivity (Wildman–Crippen MR) is 136 cm³/mol. The van der Waals surface area contributed by atoms with Crippen molar-refractivity contribution in [3.63, 3.8) is 0 Å². The molecule has 5 rings (SSSR count). The average molecular weight is 487 g/mol. The van der Waals surface area contributed by atoms with Crippen LogP contribution in [0.25, 0.3) is 11.0 Å². The normalized spacial score (nSPS) is 17.8. The average Bonchev–Trinajstić information content (AvgIpc) is 3.44. The molecule has 0 bridgehead atoms. The lowest BCUT2D eigenvalue weighted by Crippen LogP contribution is -2.51. The highest BCUT2D eigenvalue weighted by Crippen LogP contribution is 2.31. The lowest BCUT2D eigenvalue weighted by Gasteiger charge is -2.39. The molecule has 2 atom stereocenters. The molecule has 1 aliphatic rings. The van der Waals surface area contributed by atoms with Crippen LogP contribution in [0, 0.1) is 6.92 Å². The second-order valence-electron chi connectivity index (χ2n) is 9.33. The van der Waals surface area contributed by atoms with Gasteiger partial charge in [-0.15, -0.1) is 0 Å². The minimum absolute atomic E-state index is 0.0514. The maximum absolute atomic E-state index is 13.7. The van der Waals surface area contributed by atoms with Gasteiger partial charge in [-0.1, -0.05) is 30.3 Å². The Kier molecular flexibility index (Phi) is 6.22. The zero-order valence-corrected chi connectivity index (χ0v) is 20.9. The van der Waals surface area contributed by atoms with Crippen molar-refractivity contribution in [2.24, 2.45) is 14.1 Å². The van der Waals surface area contributed by atoms with E-state index in [1.54, 1.807) is 37.3 Å². The molecular weight excluding hydrogens is 456 g/mol. The largest absolute Gasteiger partial charge is 0.494 e. The van der Waals surface area contributed by atoms with Gasteiger partial charge in [0.2, 0.25) is 0 Å². The number of methoxy groups -OCH3 is 1. The Morgan fingerprint density at radius 2 is 1.89 bits per heavy atom. The molecule has 0 unspecified atom stereocenters. The number of carbonyl (C=O) groups is 2. The number of ether oxygens (including phenoxy) is 1. The SMILES string of the molecule is COc1cc(C(=O)N2CC[C@@H](NC(=O)c3cc(C)nn3C)[C@@H](c3ccccc3)C2)cc2c1ncn2C. The Labute approximate surface area is 209 Å². The fraction of sp³-hybridized carbons (Fsp3) is 0.333. The monoisotopic (exact) mass is 486 g/mol. The van der Waals surface area contributed by atoms with Crippen molar-refractivity contribution in [1.29, 1.82) is 0 Å². The van der Waals surface area contributed by atoms with E-state index >= 15 is 0 Å². The van der Waals surface area contributed by atoms with Crippen molar-refractivity contribution in [2.45, 2.75) is 25.3 Å². The number of aromatic nitrogens is 4. The first-order chi connectivity index (χ1) is 17.4. The molecule has 1 aliphatic heterocycles. The van der Waals surface area contributed by atoms with Crippen LogP contribution in [0.3, 0.4) is 0 Å². The van der Waals surface area contributed by atoms with Crippen LogP contribution in [0.1, 0.15) is 44.4 Å². The lowest BCUT2D eigenvalue weighted by atomic mass is 9.85. The van der Waals surface area contributed by atoms with Gasteiger partial charge in [-0.2, -0.15) is 5.10 Å². The number of benzene rings is 2. The molecule has 1 saturated heterocycles. The zero-order chi connectivity index (χ0) is 25.4. The molecule has 2 amide bonds. The summed E-state index contributed by atoms with van der Waals surface area (Å²) < 4.78 is 9.00. The summed E-state index contributed by atoms with van der Waals surface area (Å²) in [5.41, 5.74) is 4.53. The molecule has 1 fully saturated rings. The lowest BCUT2D eigenvalue weighted by molar-refractivity contribution is 0.0670. The Bertz CT molecular complexity index is 1420. The molecule has 3 heterocycles. The maximum atomic E-state index is 13.7. The third-order valence-electron chi connectivity index (χ3n) is 6.94. The third kappa shape index (κ3) is 4.32. The van der Waals surface area contributed by atoms with Gasteiger partial charge in [0.15, 0.2) is 0 Å². The highest BCUT2D eigenvalue weighted by Gasteiger charge is 2.34. The third-order valence-corrected chi connectivity index (χ3v) is 6.94.